The lowest BCUT2D eigenvalue weighted by Gasteiger charge is -2.25. The zero-order chi connectivity index (χ0) is 51.3. The molecule has 1 amide bonds. The van der Waals surface area contributed by atoms with Gasteiger partial charge < -0.3 is 19.8 Å². The molecule has 0 radical (unpaired) electrons. The van der Waals surface area contributed by atoms with E-state index < -0.39 is 20.0 Å². The number of amides is 1. The molecule has 3 N–H and O–H groups in total. The predicted octanol–water partition coefficient (Wildman–Crippen LogP) is 17.9. The summed E-state index contributed by atoms with van der Waals surface area (Å²) in [4.78, 5) is 23.2. The van der Waals surface area contributed by atoms with E-state index in [0.29, 0.717) is 17.4 Å². The molecule has 8 nitrogen and oxygen atoms in total. The van der Waals surface area contributed by atoms with E-state index in [9.17, 15) is 19.4 Å². The van der Waals surface area contributed by atoms with Gasteiger partial charge in [0, 0.05) is 6.42 Å². The van der Waals surface area contributed by atoms with Crippen LogP contribution in [0.2, 0.25) is 0 Å². The SMILES string of the molecule is CC/C=C\C/C=C\C/C=C\C/C=C\C/C=C\CCCCCCCCCCCCCCCCCCCCCCCCCC(=O)NC(COP(=O)(O)OCC[N+](C)(C)C)C(O)/C=C/CCCCCCCCC. The summed E-state index contributed by atoms with van der Waals surface area (Å²) in [6.45, 7) is 4.68. The average molecular weight is 1000 g/mol. The van der Waals surface area contributed by atoms with Crippen LogP contribution >= 0.6 is 7.82 Å². The van der Waals surface area contributed by atoms with Crippen molar-refractivity contribution in [3.8, 4) is 0 Å². The molecule has 70 heavy (non-hydrogen) atoms. The molecule has 0 aromatic rings. The second-order valence-corrected chi connectivity index (χ2v) is 22.4. The first-order chi connectivity index (χ1) is 34.0. The topological polar surface area (TPSA) is 105 Å². The highest BCUT2D eigenvalue weighted by molar-refractivity contribution is 7.47. The molecular weight excluding hydrogens is 888 g/mol. The maximum absolute atomic E-state index is 12.9. The standard InChI is InChI=1S/C61H113N2O6P/c1-6-8-10-12-14-16-17-18-19-20-21-22-23-24-25-26-27-28-29-30-31-32-33-34-35-36-37-38-39-40-41-42-43-44-45-47-49-51-53-55-61(65)62-59(58-69-70(66,67)68-57-56-63(3,4)5)60(64)54-52-50-48-46-15-13-11-9-7-2/h8,10,14,16,18-19,21-22,24-25,52,54,59-60,64H,6-7,9,11-13,15,17,20,23,26-51,53,55-58H2,1-5H3,(H-,62,65,66,67)/p+1/b10-8-,16-14-,19-18-,22-21-,25-24-,54-52+. The van der Waals surface area contributed by atoms with E-state index in [-0.39, 0.29) is 19.1 Å². The van der Waals surface area contributed by atoms with Crippen LogP contribution in [-0.4, -0.2) is 73.4 Å². The van der Waals surface area contributed by atoms with E-state index in [0.717, 1.165) is 70.6 Å². The number of likely N-dealkylation sites (N-methyl/N-ethyl adjacent to an activating group) is 1. The molecule has 0 rings (SSSR count). The molecule has 408 valence electrons. The van der Waals surface area contributed by atoms with Gasteiger partial charge in [-0.3, -0.25) is 13.8 Å². The summed E-state index contributed by atoms with van der Waals surface area (Å²) in [5.41, 5.74) is 0. The summed E-state index contributed by atoms with van der Waals surface area (Å²) in [7, 11) is 1.57. The number of phosphoric ester groups is 1. The number of aliphatic hydroxyl groups is 1. The molecule has 0 aliphatic rings. The molecule has 0 spiro atoms. The van der Waals surface area contributed by atoms with Crippen LogP contribution in [0, 0.1) is 0 Å². The molecule has 3 unspecified atom stereocenters. The first kappa shape index (κ1) is 67.9. The fourth-order valence-corrected chi connectivity index (χ4v) is 9.10. The van der Waals surface area contributed by atoms with Crippen LogP contribution in [0.1, 0.15) is 258 Å². The molecule has 0 aliphatic heterocycles. The molecular formula is C61H114N2O6P+. The van der Waals surface area contributed by atoms with Crippen molar-refractivity contribution in [2.75, 3.05) is 40.9 Å². The van der Waals surface area contributed by atoms with E-state index in [1.807, 2.05) is 27.2 Å². The van der Waals surface area contributed by atoms with E-state index in [1.165, 1.54) is 167 Å². The number of hydrogen-bond acceptors (Lipinski definition) is 5. The van der Waals surface area contributed by atoms with Crippen LogP contribution in [0.3, 0.4) is 0 Å². The molecule has 0 aromatic heterocycles. The number of allylic oxidation sites excluding steroid dienone is 11. The first-order valence-electron chi connectivity index (χ1n) is 29.3. The van der Waals surface area contributed by atoms with E-state index in [2.05, 4.69) is 79.9 Å². The van der Waals surface area contributed by atoms with Gasteiger partial charge in [0.05, 0.1) is 39.9 Å². The van der Waals surface area contributed by atoms with Crippen LogP contribution in [-0.2, 0) is 18.4 Å². The van der Waals surface area contributed by atoms with Crippen molar-refractivity contribution in [2.45, 2.75) is 270 Å². The molecule has 0 saturated carbocycles. The van der Waals surface area contributed by atoms with Gasteiger partial charge >= 0.3 is 7.82 Å². The number of aliphatic hydroxyl groups excluding tert-OH is 1. The van der Waals surface area contributed by atoms with Gasteiger partial charge in [-0.15, -0.1) is 0 Å². The fraction of sp³-hybridized carbons (Fsp3) is 0.787. The Hall–Kier alpha value is -2.06. The predicted molar refractivity (Wildman–Crippen MR) is 304 cm³/mol. The zero-order valence-electron chi connectivity index (χ0n) is 46.5. The molecule has 0 aliphatic carbocycles. The number of carbonyl (C=O) groups excluding carboxylic acids is 1. The number of nitrogens with one attached hydrogen (secondary N) is 1. The second-order valence-electron chi connectivity index (χ2n) is 21.0. The van der Waals surface area contributed by atoms with Crippen LogP contribution in [0.15, 0.2) is 72.9 Å². The highest BCUT2D eigenvalue weighted by Gasteiger charge is 2.27. The Morgan fingerprint density at radius 3 is 1.26 bits per heavy atom. The quantitative estimate of drug-likeness (QED) is 0.0243. The maximum atomic E-state index is 12.9. The number of unbranched alkanes of at least 4 members (excludes halogenated alkanes) is 30. The Morgan fingerprint density at radius 2 is 0.857 bits per heavy atom. The zero-order valence-corrected chi connectivity index (χ0v) is 47.4. The number of nitrogens with zero attached hydrogens (tertiary/aromatic N) is 1. The van der Waals surface area contributed by atoms with Gasteiger partial charge in [-0.2, -0.15) is 0 Å². The largest absolute Gasteiger partial charge is 0.472 e. The third-order valence-electron chi connectivity index (χ3n) is 12.9. The molecule has 9 heteroatoms. The number of phosphoric acid groups is 1. The first-order valence-corrected chi connectivity index (χ1v) is 30.8. The molecule has 3 atom stereocenters. The molecule has 0 bridgehead atoms. The number of carbonyl (C=O) groups is 1. The Kier molecular flexibility index (Phi) is 50.3. The van der Waals surface area contributed by atoms with Gasteiger partial charge in [-0.25, -0.2) is 4.57 Å². The Balaban J connectivity index is 3.83. The molecule has 0 heterocycles. The van der Waals surface area contributed by atoms with Crippen molar-refractivity contribution in [1.29, 1.82) is 0 Å². The Morgan fingerprint density at radius 1 is 0.500 bits per heavy atom. The minimum Gasteiger partial charge on any atom is -0.387 e. The summed E-state index contributed by atoms with van der Waals surface area (Å²) in [5, 5.41) is 13.8. The summed E-state index contributed by atoms with van der Waals surface area (Å²) >= 11 is 0. The van der Waals surface area contributed by atoms with Gasteiger partial charge in [0.1, 0.15) is 13.2 Å². The van der Waals surface area contributed by atoms with Gasteiger partial charge in [0.2, 0.25) is 5.91 Å². The van der Waals surface area contributed by atoms with Crippen LogP contribution in [0.25, 0.3) is 0 Å². The van der Waals surface area contributed by atoms with Gasteiger partial charge in [-0.05, 0) is 64.2 Å². The monoisotopic (exact) mass is 1000 g/mol. The lowest BCUT2D eigenvalue weighted by Crippen LogP contribution is -2.45. The van der Waals surface area contributed by atoms with Crippen molar-refractivity contribution in [3.63, 3.8) is 0 Å². The van der Waals surface area contributed by atoms with Gasteiger partial charge in [0.25, 0.3) is 0 Å². The van der Waals surface area contributed by atoms with Crippen LogP contribution < -0.4 is 5.32 Å². The van der Waals surface area contributed by atoms with E-state index >= 15 is 0 Å². The van der Waals surface area contributed by atoms with Crippen molar-refractivity contribution < 1.29 is 32.9 Å². The Bertz CT molecular complexity index is 1370. The molecule has 0 fully saturated rings. The third-order valence-corrected chi connectivity index (χ3v) is 13.9. The normalized spacial score (nSPS) is 14.4. The number of rotatable bonds is 53. The average Bonchev–Trinajstić information content (AvgIpc) is 3.32. The van der Waals surface area contributed by atoms with Crippen molar-refractivity contribution in [3.05, 3.63) is 72.9 Å². The van der Waals surface area contributed by atoms with Crippen molar-refractivity contribution in [2.24, 2.45) is 0 Å². The maximum Gasteiger partial charge on any atom is 0.472 e. The van der Waals surface area contributed by atoms with Gasteiger partial charge in [0.15, 0.2) is 0 Å². The minimum atomic E-state index is -4.34. The van der Waals surface area contributed by atoms with E-state index in [4.69, 9.17) is 9.05 Å². The minimum absolute atomic E-state index is 0.0613. The fourth-order valence-electron chi connectivity index (χ4n) is 8.36. The summed E-state index contributed by atoms with van der Waals surface area (Å²) in [5.74, 6) is -0.177. The number of quaternary nitrogens is 1. The van der Waals surface area contributed by atoms with Crippen LogP contribution in [0.4, 0.5) is 0 Å². The highest BCUT2D eigenvalue weighted by atomic mass is 31.2. The smallest absolute Gasteiger partial charge is 0.387 e. The number of hydrogen-bond donors (Lipinski definition) is 3. The lowest BCUT2D eigenvalue weighted by atomic mass is 10.0. The Labute approximate surface area is 434 Å². The lowest BCUT2D eigenvalue weighted by molar-refractivity contribution is -0.870. The van der Waals surface area contributed by atoms with Crippen molar-refractivity contribution in [1.82, 2.24) is 5.32 Å². The molecule has 0 saturated heterocycles. The third kappa shape index (κ3) is 53.7. The summed E-state index contributed by atoms with van der Waals surface area (Å²) in [6, 6.07) is -0.844. The second kappa shape index (κ2) is 51.8. The van der Waals surface area contributed by atoms with Gasteiger partial charge in [-0.1, -0.05) is 260 Å². The highest BCUT2D eigenvalue weighted by Crippen LogP contribution is 2.43. The molecule has 0 aromatic carbocycles. The van der Waals surface area contributed by atoms with Crippen LogP contribution in [0.5, 0.6) is 0 Å². The van der Waals surface area contributed by atoms with Crippen molar-refractivity contribution >= 4 is 13.7 Å². The van der Waals surface area contributed by atoms with E-state index in [1.54, 1.807) is 6.08 Å². The summed E-state index contributed by atoms with van der Waals surface area (Å²) in [6.07, 6.45) is 71.9. The summed E-state index contributed by atoms with van der Waals surface area (Å²) < 4.78 is 23.6.